The van der Waals surface area contributed by atoms with Gasteiger partial charge in [0, 0.05) is 6.08 Å². The lowest BCUT2D eigenvalue weighted by Gasteiger charge is -2.05. The number of methoxy groups -OCH3 is 1. The van der Waals surface area contributed by atoms with Crippen LogP contribution in [0.25, 0.3) is 6.08 Å². The monoisotopic (exact) mass is 282 g/mol. The maximum atomic E-state index is 11.8. The van der Waals surface area contributed by atoms with E-state index < -0.39 is 5.97 Å². The fourth-order valence-corrected chi connectivity index (χ4v) is 1.94. The molecule has 0 bridgehead atoms. The minimum Gasteiger partial charge on any atom is -0.497 e. The molecule has 0 amide bonds. The van der Waals surface area contributed by atoms with Gasteiger partial charge in [-0.3, -0.25) is 0 Å². The molecule has 0 radical (unpaired) electrons. The van der Waals surface area contributed by atoms with Gasteiger partial charge in [0.25, 0.3) is 0 Å². The fourth-order valence-electron chi connectivity index (χ4n) is 1.94. The molecule has 2 rings (SSSR count). The van der Waals surface area contributed by atoms with Crippen molar-refractivity contribution in [2.45, 2.75) is 13.8 Å². The van der Waals surface area contributed by atoms with Gasteiger partial charge in [-0.05, 0) is 49.2 Å². The van der Waals surface area contributed by atoms with Crippen LogP contribution in [0.1, 0.15) is 16.7 Å². The highest BCUT2D eigenvalue weighted by Crippen LogP contribution is 2.19. The number of hydrogen-bond donors (Lipinski definition) is 0. The zero-order valence-corrected chi connectivity index (χ0v) is 12.4. The number of carbonyl (C=O) groups excluding carboxylic acids is 1. The highest BCUT2D eigenvalue weighted by molar-refractivity contribution is 5.88. The van der Waals surface area contributed by atoms with Crippen LogP contribution >= 0.6 is 0 Å². The van der Waals surface area contributed by atoms with Crippen molar-refractivity contribution in [3.05, 3.63) is 65.2 Å². The molecule has 0 heterocycles. The number of esters is 1. The molecule has 0 atom stereocenters. The summed E-state index contributed by atoms with van der Waals surface area (Å²) in [6.07, 6.45) is 3.13. The standard InChI is InChI=1S/C18H18O3/c1-13-4-10-17(14(2)12-13)21-18(19)11-7-15-5-8-16(20-3)9-6-15/h4-12H,1-3H3/b11-7+. The Kier molecular flexibility index (Phi) is 4.77. The van der Waals surface area contributed by atoms with Crippen molar-refractivity contribution in [3.63, 3.8) is 0 Å². The molecule has 2 aromatic carbocycles. The second kappa shape index (κ2) is 6.75. The highest BCUT2D eigenvalue weighted by atomic mass is 16.5. The second-order valence-electron chi connectivity index (χ2n) is 4.80. The molecule has 0 saturated carbocycles. The van der Waals surface area contributed by atoms with Gasteiger partial charge in [0.2, 0.25) is 0 Å². The van der Waals surface area contributed by atoms with Crippen LogP contribution in [0.4, 0.5) is 0 Å². The third-order valence-electron chi connectivity index (χ3n) is 3.07. The smallest absolute Gasteiger partial charge is 0.336 e. The summed E-state index contributed by atoms with van der Waals surface area (Å²) in [7, 11) is 1.62. The number of rotatable bonds is 4. The van der Waals surface area contributed by atoms with Crippen LogP contribution in [0, 0.1) is 13.8 Å². The zero-order valence-electron chi connectivity index (χ0n) is 12.4. The topological polar surface area (TPSA) is 35.5 Å². The second-order valence-corrected chi connectivity index (χ2v) is 4.80. The van der Waals surface area contributed by atoms with Gasteiger partial charge >= 0.3 is 5.97 Å². The van der Waals surface area contributed by atoms with Crippen molar-refractivity contribution in [2.24, 2.45) is 0 Å². The molecule has 0 N–H and O–H groups in total. The van der Waals surface area contributed by atoms with Gasteiger partial charge in [-0.15, -0.1) is 0 Å². The first-order valence-corrected chi connectivity index (χ1v) is 6.69. The predicted molar refractivity (Wildman–Crippen MR) is 83.6 cm³/mol. The molecule has 0 aliphatic heterocycles. The number of benzene rings is 2. The van der Waals surface area contributed by atoms with Crippen molar-refractivity contribution in [2.75, 3.05) is 7.11 Å². The van der Waals surface area contributed by atoms with Crippen LogP contribution in [-0.2, 0) is 4.79 Å². The molecular weight excluding hydrogens is 264 g/mol. The highest BCUT2D eigenvalue weighted by Gasteiger charge is 2.04. The van der Waals surface area contributed by atoms with Crippen molar-refractivity contribution >= 4 is 12.0 Å². The third-order valence-corrected chi connectivity index (χ3v) is 3.07. The maximum absolute atomic E-state index is 11.8. The Morgan fingerprint density at radius 2 is 1.76 bits per heavy atom. The van der Waals surface area contributed by atoms with Gasteiger partial charge in [0.05, 0.1) is 7.11 Å². The molecule has 0 saturated heterocycles. The Labute approximate surface area is 124 Å². The minimum absolute atomic E-state index is 0.391. The summed E-state index contributed by atoms with van der Waals surface area (Å²) in [6.45, 7) is 3.92. The summed E-state index contributed by atoms with van der Waals surface area (Å²) in [4.78, 5) is 11.8. The summed E-state index contributed by atoms with van der Waals surface area (Å²) in [5.74, 6) is 0.979. The van der Waals surface area contributed by atoms with Crippen LogP contribution in [0.15, 0.2) is 48.5 Å². The van der Waals surface area contributed by atoms with Crippen LogP contribution in [-0.4, -0.2) is 13.1 Å². The van der Waals surface area contributed by atoms with Gasteiger partial charge in [0.15, 0.2) is 0 Å². The molecule has 0 aromatic heterocycles. The maximum Gasteiger partial charge on any atom is 0.336 e. The SMILES string of the molecule is COc1ccc(/C=C/C(=O)Oc2ccc(C)cc2C)cc1. The zero-order chi connectivity index (χ0) is 15.2. The third kappa shape index (κ3) is 4.21. The first-order valence-electron chi connectivity index (χ1n) is 6.69. The first-order chi connectivity index (χ1) is 10.1. The Morgan fingerprint density at radius 1 is 1.05 bits per heavy atom. The molecule has 2 aromatic rings. The largest absolute Gasteiger partial charge is 0.497 e. The van der Waals surface area contributed by atoms with Crippen molar-refractivity contribution in [1.29, 1.82) is 0 Å². The number of hydrogen-bond acceptors (Lipinski definition) is 3. The summed E-state index contributed by atoms with van der Waals surface area (Å²) < 4.78 is 10.4. The predicted octanol–water partition coefficient (Wildman–Crippen LogP) is 3.93. The summed E-state index contributed by atoms with van der Waals surface area (Å²) >= 11 is 0. The van der Waals surface area contributed by atoms with E-state index in [4.69, 9.17) is 9.47 Å². The molecular formula is C18H18O3. The van der Waals surface area contributed by atoms with Crippen molar-refractivity contribution in [1.82, 2.24) is 0 Å². The molecule has 0 fully saturated rings. The Morgan fingerprint density at radius 3 is 2.38 bits per heavy atom. The van der Waals surface area contributed by atoms with E-state index in [0.717, 1.165) is 22.4 Å². The molecule has 0 unspecified atom stereocenters. The molecule has 0 aliphatic rings. The number of carbonyl (C=O) groups is 1. The van der Waals surface area contributed by atoms with Gasteiger partial charge in [0.1, 0.15) is 11.5 Å². The van der Waals surface area contributed by atoms with Gasteiger partial charge in [-0.2, -0.15) is 0 Å². The minimum atomic E-state index is -0.391. The first kappa shape index (κ1) is 14.9. The van der Waals surface area contributed by atoms with E-state index in [1.165, 1.54) is 6.08 Å². The fraction of sp³-hybridized carbons (Fsp3) is 0.167. The van der Waals surface area contributed by atoms with Crippen LogP contribution in [0.5, 0.6) is 11.5 Å². The number of ether oxygens (including phenoxy) is 2. The van der Waals surface area contributed by atoms with Gasteiger partial charge in [-0.1, -0.05) is 29.8 Å². The van der Waals surface area contributed by atoms with Crippen LogP contribution in [0.3, 0.4) is 0 Å². The molecule has 3 heteroatoms. The van der Waals surface area contributed by atoms with E-state index in [-0.39, 0.29) is 0 Å². The average Bonchev–Trinajstić information content (AvgIpc) is 2.48. The molecule has 0 spiro atoms. The van der Waals surface area contributed by atoms with E-state index >= 15 is 0 Å². The van der Waals surface area contributed by atoms with Gasteiger partial charge < -0.3 is 9.47 Å². The lowest BCUT2D eigenvalue weighted by atomic mass is 10.1. The summed E-state index contributed by atoms with van der Waals surface area (Å²) in [5.41, 5.74) is 3.00. The van der Waals surface area contributed by atoms with E-state index in [1.54, 1.807) is 13.2 Å². The van der Waals surface area contributed by atoms with Crippen molar-refractivity contribution < 1.29 is 14.3 Å². The van der Waals surface area contributed by atoms with E-state index in [1.807, 2.05) is 56.3 Å². The molecule has 108 valence electrons. The summed E-state index contributed by atoms with van der Waals surface area (Å²) in [6, 6.07) is 13.1. The van der Waals surface area contributed by atoms with E-state index in [2.05, 4.69) is 0 Å². The lowest BCUT2D eigenvalue weighted by molar-refractivity contribution is -0.128. The van der Waals surface area contributed by atoms with Gasteiger partial charge in [-0.25, -0.2) is 4.79 Å². The Bertz CT molecular complexity index is 655. The molecule has 3 nitrogen and oxygen atoms in total. The average molecular weight is 282 g/mol. The Hall–Kier alpha value is -2.55. The quantitative estimate of drug-likeness (QED) is 0.484. The van der Waals surface area contributed by atoms with Crippen LogP contribution < -0.4 is 9.47 Å². The normalized spacial score (nSPS) is 10.6. The van der Waals surface area contributed by atoms with E-state index in [0.29, 0.717) is 5.75 Å². The number of aryl methyl sites for hydroxylation is 2. The molecule has 0 aliphatic carbocycles. The summed E-state index contributed by atoms with van der Waals surface area (Å²) in [5, 5.41) is 0. The molecule has 21 heavy (non-hydrogen) atoms. The Balaban J connectivity index is 2.01. The van der Waals surface area contributed by atoms with E-state index in [9.17, 15) is 4.79 Å². The lowest BCUT2D eigenvalue weighted by Crippen LogP contribution is -2.04. The van der Waals surface area contributed by atoms with Crippen LogP contribution in [0.2, 0.25) is 0 Å². The van der Waals surface area contributed by atoms with Crippen molar-refractivity contribution in [3.8, 4) is 11.5 Å².